The maximum absolute atomic E-state index is 11.2. The van der Waals surface area contributed by atoms with Gasteiger partial charge in [0, 0.05) is 0 Å². The molecule has 1 N–H and O–H groups in total. The van der Waals surface area contributed by atoms with Crippen molar-refractivity contribution in [1.82, 2.24) is 5.32 Å². The van der Waals surface area contributed by atoms with Gasteiger partial charge in [0.15, 0.2) is 0 Å². The number of hydrogen-bond acceptors (Lipinski definition) is 3. The number of carbonyl (C=O) groups is 1. The Bertz CT molecular complexity index is 244. The zero-order valence-corrected chi connectivity index (χ0v) is 12.2. The molecule has 0 aromatic heterocycles. The summed E-state index contributed by atoms with van der Waals surface area (Å²) in [7, 11) is 0. The molecule has 1 aliphatic heterocycles. The third-order valence-corrected chi connectivity index (χ3v) is 4.16. The zero-order chi connectivity index (χ0) is 12.8. The summed E-state index contributed by atoms with van der Waals surface area (Å²) in [4.78, 5) is 11.2. The van der Waals surface area contributed by atoms with Gasteiger partial charge in [0.2, 0.25) is 0 Å². The van der Waals surface area contributed by atoms with Gasteiger partial charge in [-0.15, -0.1) is 0 Å². The van der Waals surface area contributed by atoms with Crippen molar-refractivity contribution < 1.29 is 9.53 Å². The molecule has 2 atom stereocenters. The Hall–Kier alpha value is -0.380. The van der Waals surface area contributed by atoms with Gasteiger partial charge in [-0.1, -0.05) is 27.7 Å². The normalized spacial score (nSPS) is 24.2. The molecule has 1 saturated heterocycles. The van der Waals surface area contributed by atoms with Gasteiger partial charge >= 0.3 is 6.09 Å². The van der Waals surface area contributed by atoms with Crippen LogP contribution in [0.5, 0.6) is 0 Å². The predicted molar refractivity (Wildman–Crippen MR) is 73.4 cm³/mol. The molecule has 0 aromatic rings. The van der Waals surface area contributed by atoms with E-state index < -0.39 is 0 Å². The van der Waals surface area contributed by atoms with Crippen LogP contribution in [0.4, 0.5) is 4.79 Å². The van der Waals surface area contributed by atoms with E-state index in [1.54, 1.807) is 0 Å². The highest BCUT2D eigenvalue weighted by molar-refractivity contribution is 7.99. The monoisotopic (exact) mass is 259 g/mol. The van der Waals surface area contributed by atoms with Crippen molar-refractivity contribution in [1.29, 1.82) is 0 Å². The number of alkyl carbamates (subject to hydrolysis) is 1. The summed E-state index contributed by atoms with van der Waals surface area (Å²) in [5.74, 6) is 3.58. The van der Waals surface area contributed by atoms with Crippen LogP contribution in [0.1, 0.15) is 40.5 Å². The summed E-state index contributed by atoms with van der Waals surface area (Å²) in [6.45, 7) is 8.81. The van der Waals surface area contributed by atoms with E-state index in [2.05, 4.69) is 33.0 Å². The van der Waals surface area contributed by atoms with Crippen LogP contribution >= 0.6 is 11.8 Å². The first-order valence-electron chi connectivity index (χ1n) is 6.54. The molecule has 1 fully saturated rings. The Labute approximate surface area is 109 Å². The summed E-state index contributed by atoms with van der Waals surface area (Å²) in [6, 6.07) is 0.210. The topological polar surface area (TPSA) is 38.3 Å². The molecule has 0 radical (unpaired) electrons. The van der Waals surface area contributed by atoms with Gasteiger partial charge in [-0.25, -0.2) is 4.79 Å². The molecule has 17 heavy (non-hydrogen) atoms. The summed E-state index contributed by atoms with van der Waals surface area (Å²) in [5.41, 5.74) is 0. The van der Waals surface area contributed by atoms with Gasteiger partial charge in [-0.2, -0.15) is 11.8 Å². The van der Waals surface area contributed by atoms with Crippen molar-refractivity contribution in [2.45, 2.75) is 52.7 Å². The minimum absolute atomic E-state index is 0.0737. The maximum Gasteiger partial charge on any atom is 0.407 e. The fraction of sp³-hybridized carbons (Fsp3) is 0.923. The minimum atomic E-state index is -0.241. The van der Waals surface area contributed by atoms with Crippen LogP contribution in [0, 0.1) is 11.8 Å². The number of amides is 1. The molecular weight excluding hydrogens is 234 g/mol. The average molecular weight is 259 g/mol. The number of thioether (sulfide) groups is 1. The molecular formula is C13H25NO2S. The molecule has 3 nitrogen and oxygen atoms in total. The lowest BCUT2D eigenvalue weighted by molar-refractivity contribution is 0.127. The van der Waals surface area contributed by atoms with E-state index >= 15 is 0 Å². The van der Waals surface area contributed by atoms with Gasteiger partial charge in [0.1, 0.15) is 6.10 Å². The second-order valence-corrected chi connectivity index (χ2v) is 6.73. The lowest BCUT2D eigenvalue weighted by Gasteiger charge is -2.18. The first kappa shape index (κ1) is 14.7. The molecule has 4 heteroatoms. The Morgan fingerprint density at radius 3 is 2.59 bits per heavy atom. The van der Waals surface area contributed by atoms with Crippen molar-refractivity contribution in [3.8, 4) is 0 Å². The van der Waals surface area contributed by atoms with E-state index in [9.17, 15) is 4.79 Å². The van der Waals surface area contributed by atoms with E-state index in [0.29, 0.717) is 5.92 Å². The van der Waals surface area contributed by atoms with E-state index in [1.807, 2.05) is 11.8 Å². The highest BCUT2D eigenvalue weighted by atomic mass is 32.2. The SMILES string of the molecule is CC(C)CSCCC1OC(=O)NC1CC(C)C. The van der Waals surface area contributed by atoms with E-state index in [4.69, 9.17) is 4.74 Å². The first-order chi connectivity index (χ1) is 7.99. The molecule has 0 aromatic carbocycles. The van der Waals surface area contributed by atoms with Crippen molar-refractivity contribution in [2.24, 2.45) is 11.8 Å². The standard InChI is InChI=1S/C13H25NO2S/c1-9(2)7-11-12(16-13(15)14-11)5-6-17-8-10(3)4/h9-12H,5-8H2,1-4H3,(H,14,15). The van der Waals surface area contributed by atoms with Crippen LogP contribution in [-0.2, 0) is 4.74 Å². The minimum Gasteiger partial charge on any atom is -0.444 e. The van der Waals surface area contributed by atoms with Crippen LogP contribution in [0.15, 0.2) is 0 Å². The highest BCUT2D eigenvalue weighted by Gasteiger charge is 2.33. The Morgan fingerprint density at radius 1 is 1.29 bits per heavy atom. The second-order valence-electron chi connectivity index (χ2n) is 5.58. The highest BCUT2D eigenvalue weighted by Crippen LogP contribution is 2.21. The zero-order valence-electron chi connectivity index (χ0n) is 11.4. The number of ether oxygens (including phenoxy) is 1. The number of rotatable bonds is 7. The van der Waals surface area contributed by atoms with Crippen LogP contribution < -0.4 is 5.32 Å². The van der Waals surface area contributed by atoms with Gasteiger partial charge in [0.05, 0.1) is 6.04 Å². The van der Waals surface area contributed by atoms with Crippen molar-refractivity contribution >= 4 is 17.9 Å². The lowest BCUT2D eigenvalue weighted by atomic mass is 9.99. The van der Waals surface area contributed by atoms with Crippen LogP contribution in [0.2, 0.25) is 0 Å². The quantitative estimate of drug-likeness (QED) is 0.713. The van der Waals surface area contributed by atoms with Crippen LogP contribution in [0.3, 0.4) is 0 Å². The van der Waals surface area contributed by atoms with Crippen molar-refractivity contribution in [2.75, 3.05) is 11.5 Å². The lowest BCUT2D eigenvalue weighted by Crippen LogP contribution is -2.33. The number of cyclic esters (lactones) is 1. The first-order valence-corrected chi connectivity index (χ1v) is 7.69. The maximum atomic E-state index is 11.2. The molecule has 0 bridgehead atoms. The molecule has 1 amide bonds. The molecule has 0 spiro atoms. The van der Waals surface area contributed by atoms with Crippen LogP contribution in [0.25, 0.3) is 0 Å². The van der Waals surface area contributed by atoms with Gasteiger partial charge in [-0.3, -0.25) is 0 Å². The molecule has 2 unspecified atom stereocenters. The number of carbonyl (C=O) groups excluding carboxylic acids is 1. The molecule has 1 rings (SSSR count). The van der Waals surface area contributed by atoms with Crippen molar-refractivity contribution in [3.63, 3.8) is 0 Å². The van der Waals surface area contributed by atoms with E-state index in [1.165, 1.54) is 5.75 Å². The summed E-state index contributed by atoms with van der Waals surface area (Å²) in [6.07, 6.45) is 1.80. The van der Waals surface area contributed by atoms with Gasteiger partial charge in [0.25, 0.3) is 0 Å². The Balaban J connectivity index is 2.27. The fourth-order valence-corrected chi connectivity index (χ4v) is 3.03. The van der Waals surface area contributed by atoms with Gasteiger partial charge in [-0.05, 0) is 36.2 Å². The number of hydrogen-bond donors (Lipinski definition) is 1. The number of nitrogens with one attached hydrogen (secondary N) is 1. The Kier molecular flexibility index (Phi) is 6.17. The largest absolute Gasteiger partial charge is 0.444 e. The second kappa shape index (κ2) is 7.14. The fourth-order valence-electron chi connectivity index (χ4n) is 2.00. The molecule has 1 heterocycles. The molecule has 0 aliphatic carbocycles. The predicted octanol–water partition coefficient (Wildman–Crippen LogP) is 3.29. The Morgan fingerprint density at radius 2 is 2.00 bits per heavy atom. The summed E-state index contributed by atoms with van der Waals surface area (Å²) < 4.78 is 5.32. The third-order valence-electron chi connectivity index (χ3n) is 2.73. The summed E-state index contributed by atoms with van der Waals surface area (Å²) >= 11 is 1.95. The smallest absolute Gasteiger partial charge is 0.407 e. The van der Waals surface area contributed by atoms with Crippen LogP contribution in [-0.4, -0.2) is 29.7 Å². The van der Waals surface area contributed by atoms with Crippen molar-refractivity contribution in [3.05, 3.63) is 0 Å². The average Bonchev–Trinajstić information content (AvgIpc) is 2.52. The molecule has 1 aliphatic rings. The molecule has 0 saturated carbocycles. The third kappa shape index (κ3) is 5.66. The molecule has 100 valence electrons. The van der Waals surface area contributed by atoms with E-state index in [-0.39, 0.29) is 18.2 Å². The summed E-state index contributed by atoms with van der Waals surface area (Å²) in [5, 5.41) is 2.91. The van der Waals surface area contributed by atoms with E-state index in [0.717, 1.165) is 24.5 Å². The van der Waals surface area contributed by atoms with Gasteiger partial charge < -0.3 is 10.1 Å².